The van der Waals surface area contributed by atoms with Crippen molar-refractivity contribution in [2.75, 3.05) is 20.2 Å². The van der Waals surface area contributed by atoms with Gasteiger partial charge in [0.05, 0.1) is 17.6 Å². The van der Waals surface area contributed by atoms with Gasteiger partial charge in [0, 0.05) is 18.6 Å². The van der Waals surface area contributed by atoms with Crippen LogP contribution in [-0.2, 0) is 0 Å². The van der Waals surface area contributed by atoms with Gasteiger partial charge in [-0.2, -0.15) is 0 Å². The Balaban J connectivity index is 1.65. The first-order valence-electron chi connectivity index (χ1n) is 7.63. The molecule has 0 radical (unpaired) electrons. The zero-order valence-electron chi connectivity index (χ0n) is 13.3. The third-order valence-corrected chi connectivity index (χ3v) is 3.72. The van der Waals surface area contributed by atoms with E-state index in [-0.39, 0.29) is 11.7 Å². The molecular weight excluding hydrogens is 307 g/mol. The highest BCUT2D eigenvalue weighted by molar-refractivity contribution is 6.05. The van der Waals surface area contributed by atoms with E-state index in [1.165, 1.54) is 12.1 Å². The molecule has 24 heavy (non-hydrogen) atoms. The van der Waals surface area contributed by atoms with Gasteiger partial charge in [-0.1, -0.05) is 18.2 Å². The van der Waals surface area contributed by atoms with Gasteiger partial charge in [-0.05, 0) is 36.4 Å². The van der Waals surface area contributed by atoms with Crippen LogP contribution in [0, 0.1) is 5.82 Å². The maximum absolute atomic E-state index is 12.8. The first kappa shape index (κ1) is 15.9. The summed E-state index contributed by atoms with van der Waals surface area (Å²) in [6.07, 6.45) is 1.68. The molecule has 1 aromatic heterocycles. The van der Waals surface area contributed by atoms with Crippen LogP contribution >= 0.6 is 0 Å². The predicted octanol–water partition coefficient (Wildman–Crippen LogP) is 3.52. The Kier molecular flexibility index (Phi) is 4.70. The number of para-hydroxylation sites is 1. The van der Waals surface area contributed by atoms with Crippen molar-refractivity contribution in [3.8, 4) is 5.75 Å². The molecule has 0 atom stereocenters. The van der Waals surface area contributed by atoms with Crippen LogP contribution in [0.3, 0.4) is 0 Å². The third-order valence-electron chi connectivity index (χ3n) is 3.72. The van der Waals surface area contributed by atoms with E-state index in [4.69, 9.17) is 4.74 Å². The normalized spacial score (nSPS) is 10.6. The monoisotopic (exact) mass is 324 g/mol. The van der Waals surface area contributed by atoms with Crippen LogP contribution in [0.15, 0.2) is 60.8 Å². The van der Waals surface area contributed by atoms with Gasteiger partial charge in [0.15, 0.2) is 0 Å². The number of likely N-dealkylation sites (N-methyl/N-ethyl adjacent to an activating group) is 1. The van der Waals surface area contributed by atoms with Gasteiger partial charge in [0.1, 0.15) is 18.2 Å². The fraction of sp³-hybridized carbons (Fsp3) is 0.158. The molecule has 5 heteroatoms. The van der Waals surface area contributed by atoms with Crippen molar-refractivity contribution in [1.29, 1.82) is 0 Å². The number of rotatable bonds is 5. The largest absolute Gasteiger partial charge is 0.492 e. The van der Waals surface area contributed by atoms with Crippen LogP contribution in [0.5, 0.6) is 5.75 Å². The molecule has 0 saturated carbocycles. The molecule has 1 heterocycles. The molecule has 3 aromatic rings. The highest BCUT2D eigenvalue weighted by Crippen LogP contribution is 2.17. The second-order valence-electron chi connectivity index (χ2n) is 5.41. The van der Waals surface area contributed by atoms with Crippen molar-refractivity contribution in [2.45, 2.75) is 0 Å². The molecule has 2 aromatic carbocycles. The molecule has 122 valence electrons. The van der Waals surface area contributed by atoms with Gasteiger partial charge < -0.3 is 9.64 Å². The van der Waals surface area contributed by atoms with Crippen LogP contribution in [-0.4, -0.2) is 36.0 Å². The zero-order chi connectivity index (χ0) is 16.9. The fourth-order valence-corrected chi connectivity index (χ4v) is 2.42. The molecule has 3 rings (SSSR count). The standard InChI is InChI=1S/C19H17FN2O2/c1-22(12-13-24-16-9-7-15(20)8-10-16)19(23)17-6-2-4-14-5-3-11-21-18(14)17/h2-11H,12-13H2,1H3. The summed E-state index contributed by atoms with van der Waals surface area (Å²) >= 11 is 0. The summed E-state index contributed by atoms with van der Waals surface area (Å²) in [6.45, 7) is 0.742. The number of aromatic nitrogens is 1. The lowest BCUT2D eigenvalue weighted by atomic mass is 10.1. The van der Waals surface area contributed by atoms with E-state index in [1.54, 1.807) is 36.3 Å². The highest BCUT2D eigenvalue weighted by atomic mass is 19.1. The minimum atomic E-state index is -0.307. The van der Waals surface area contributed by atoms with Crippen LogP contribution in [0.2, 0.25) is 0 Å². The van der Waals surface area contributed by atoms with Gasteiger partial charge >= 0.3 is 0 Å². The molecule has 0 spiro atoms. The van der Waals surface area contributed by atoms with Crippen LogP contribution in [0.4, 0.5) is 4.39 Å². The number of pyridine rings is 1. The van der Waals surface area contributed by atoms with Crippen LogP contribution in [0.1, 0.15) is 10.4 Å². The van der Waals surface area contributed by atoms with Gasteiger partial charge in [-0.3, -0.25) is 9.78 Å². The Hall–Kier alpha value is -2.95. The Labute approximate surface area is 139 Å². The molecule has 1 amide bonds. The first-order valence-corrected chi connectivity index (χ1v) is 7.63. The first-order chi connectivity index (χ1) is 11.6. The maximum Gasteiger partial charge on any atom is 0.255 e. The van der Waals surface area contributed by atoms with Crippen molar-refractivity contribution in [1.82, 2.24) is 9.88 Å². The van der Waals surface area contributed by atoms with Crippen LogP contribution < -0.4 is 4.74 Å². The second kappa shape index (κ2) is 7.08. The number of carbonyl (C=O) groups excluding carboxylic acids is 1. The topological polar surface area (TPSA) is 42.4 Å². The quantitative estimate of drug-likeness (QED) is 0.721. The zero-order valence-corrected chi connectivity index (χ0v) is 13.3. The summed E-state index contributed by atoms with van der Waals surface area (Å²) in [5, 5.41) is 0.930. The van der Waals surface area contributed by atoms with E-state index >= 15 is 0 Å². The third kappa shape index (κ3) is 3.51. The number of ether oxygens (including phenoxy) is 1. The number of hydrogen-bond acceptors (Lipinski definition) is 3. The lowest BCUT2D eigenvalue weighted by molar-refractivity contribution is 0.0775. The lowest BCUT2D eigenvalue weighted by Crippen LogP contribution is -2.31. The minimum absolute atomic E-state index is 0.109. The summed E-state index contributed by atoms with van der Waals surface area (Å²) in [7, 11) is 1.72. The van der Waals surface area contributed by atoms with E-state index in [0.717, 1.165) is 5.39 Å². The Bertz CT molecular complexity index is 844. The fourth-order valence-electron chi connectivity index (χ4n) is 2.42. The Morgan fingerprint density at radius 1 is 1.12 bits per heavy atom. The minimum Gasteiger partial charge on any atom is -0.492 e. The molecule has 0 fully saturated rings. The van der Waals surface area contributed by atoms with Crippen molar-refractivity contribution < 1.29 is 13.9 Å². The molecule has 0 N–H and O–H groups in total. The highest BCUT2D eigenvalue weighted by Gasteiger charge is 2.15. The summed E-state index contributed by atoms with van der Waals surface area (Å²) < 4.78 is 18.4. The summed E-state index contributed by atoms with van der Waals surface area (Å²) in [5.74, 6) is 0.157. The smallest absolute Gasteiger partial charge is 0.255 e. The van der Waals surface area contributed by atoms with Gasteiger partial charge in [0.25, 0.3) is 5.91 Å². The Morgan fingerprint density at radius 3 is 2.67 bits per heavy atom. The van der Waals surface area contributed by atoms with Gasteiger partial charge in [0.2, 0.25) is 0 Å². The van der Waals surface area contributed by atoms with Crippen molar-refractivity contribution in [3.63, 3.8) is 0 Å². The summed E-state index contributed by atoms with van der Waals surface area (Å²) in [5.41, 5.74) is 1.26. The van der Waals surface area contributed by atoms with E-state index in [0.29, 0.717) is 30.0 Å². The van der Waals surface area contributed by atoms with Gasteiger partial charge in [-0.15, -0.1) is 0 Å². The number of benzene rings is 2. The van der Waals surface area contributed by atoms with Crippen molar-refractivity contribution in [3.05, 3.63) is 72.2 Å². The van der Waals surface area contributed by atoms with E-state index < -0.39 is 0 Å². The second-order valence-corrected chi connectivity index (χ2v) is 5.41. The summed E-state index contributed by atoms with van der Waals surface area (Å²) in [6, 6.07) is 15.1. The molecular formula is C19H17FN2O2. The molecule has 4 nitrogen and oxygen atoms in total. The number of halogens is 1. The average Bonchev–Trinajstić information content (AvgIpc) is 2.62. The molecule has 0 saturated heterocycles. The predicted molar refractivity (Wildman–Crippen MR) is 90.6 cm³/mol. The number of nitrogens with zero attached hydrogens (tertiary/aromatic N) is 2. The van der Waals surface area contributed by atoms with E-state index in [1.807, 2.05) is 24.3 Å². The van der Waals surface area contributed by atoms with Crippen molar-refractivity contribution >= 4 is 16.8 Å². The lowest BCUT2D eigenvalue weighted by Gasteiger charge is -2.18. The maximum atomic E-state index is 12.8. The van der Waals surface area contributed by atoms with Crippen molar-refractivity contribution in [2.24, 2.45) is 0 Å². The van der Waals surface area contributed by atoms with Gasteiger partial charge in [-0.25, -0.2) is 4.39 Å². The number of hydrogen-bond donors (Lipinski definition) is 0. The SMILES string of the molecule is CN(CCOc1ccc(F)cc1)C(=O)c1cccc2cccnc12. The molecule has 0 aliphatic heterocycles. The molecule has 0 bridgehead atoms. The Morgan fingerprint density at radius 2 is 1.88 bits per heavy atom. The number of carbonyl (C=O) groups is 1. The van der Waals surface area contributed by atoms with Crippen LogP contribution in [0.25, 0.3) is 10.9 Å². The number of fused-ring (bicyclic) bond motifs is 1. The average molecular weight is 324 g/mol. The summed E-state index contributed by atoms with van der Waals surface area (Å²) in [4.78, 5) is 18.5. The number of amides is 1. The van der Waals surface area contributed by atoms with E-state index in [9.17, 15) is 9.18 Å². The molecule has 0 aliphatic rings. The molecule has 0 aliphatic carbocycles. The van der Waals surface area contributed by atoms with E-state index in [2.05, 4.69) is 4.98 Å². The molecule has 0 unspecified atom stereocenters.